The van der Waals surface area contributed by atoms with Crippen LogP contribution >= 0.6 is 0 Å². The van der Waals surface area contributed by atoms with E-state index in [0.29, 0.717) is 0 Å². The fourth-order valence-corrected chi connectivity index (χ4v) is 2.88. The summed E-state index contributed by atoms with van der Waals surface area (Å²) in [6.07, 6.45) is 0. The van der Waals surface area contributed by atoms with Gasteiger partial charge in [0.25, 0.3) is 0 Å². The van der Waals surface area contributed by atoms with Gasteiger partial charge in [-0.15, -0.1) is 0 Å². The summed E-state index contributed by atoms with van der Waals surface area (Å²) in [5, 5.41) is 0. The molecule has 0 radical (unpaired) electrons. The molecule has 0 unspecified atom stereocenters. The minimum atomic E-state index is -1.25. The monoisotopic (exact) mass is 296 g/mol. The van der Waals surface area contributed by atoms with E-state index >= 15 is 0 Å². The van der Waals surface area contributed by atoms with Crippen LogP contribution in [0.3, 0.4) is 0 Å². The number of ketones is 1. The third kappa shape index (κ3) is 2.12. The summed E-state index contributed by atoms with van der Waals surface area (Å²) in [6, 6.07) is 18.5. The number of rotatable bonds is 3. The molecule has 0 aromatic heterocycles. The maximum absolute atomic E-state index is 13.0. The SMILES string of the molecule is COC(=O)[C@H]1COC(c2ccccc2)(c2ccccc2)C1=O. The molecule has 0 N–H and O–H groups in total. The average molecular weight is 296 g/mol. The molecule has 1 atom stereocenters. The van der Waals surface area contributed by atoms with Gasteiger partial charge in [0, 0.05) is 0 Å². The molecule has 1 aliphatic rings. The Kier molecular flexibility index (Phi) is 3.77. The van der Waals surface area contributed by atoms with Crippen molar-refractivity contribution >= 4 is 11.8 Å². The second-order valence-electron chi connectivity index (χ2n) is 5.16. The molecule has 0 aliphatic carbocycles. The van der Waals surface area contributed by atoms with Crippen molar-refractivity contribution in [3.63, 3.8) is 0 Å². The number of hydrogen-bond donors (Lipinski definition) is 0. The maximum atomic E-state index is 13.0. The lowest BCUT2D eigenvalue weighted by Gasteiger charge is -2.28. The van der Waals surface area contributed by atoms with Crippen molar-refractivity contribution in [2.75, 3.05) is 13.7 Å². The minimum absolute atomic E-state index is 0.0231. The highest BCUT2D eigenvalue weighted by atomic mass is 16.5. The molecule has 22 heavy (non-hydrogen) atoms. The Morgan fingerprint density at radius 1 is 1.05 bits per heavy atom. The van der Waals surface area contributed by atoms with Crippen LogP contribution < -0.4 is 0 Å². The second kappa shape index (κ2) is 5.73. The van der Waals surface area contributed by atoms with E-state index in [0.717, 1.165) is 11.1 Å². The second-order valence-corrected chi connectivity index (χ2v) is 5.16. The van der Waals surface area contributed by atoms with E-state index in [1.807, 2.05) is 60.7 Å². The number of carbonyl (C=O) groups excluding carboxylic acids is 2. The molecule has 2 aromatic rings. The number of Topliss-reactive ketones (excluding diaryl/α,β-unsaturated/α-hetero) is 1. The minimum Gasteiger partial charge on any atom is -0.468 e. The van der Waals surface area contributed by atoms with E-state index in [4.69, 9.17) is 9.47 Å². The standard InChI is InChI=1S/C18H16O4/c1-21-17(20)15-12-22-18(16(15)19,13-8-4-2-5-9-13)14-10-6-3-7-11-14/h2-11,15H,12H2,1H3/t15-/m0/s1. The van der Waals surface area contributed by atoms with E-state index in [-0.39, 0.29) is 12.4 Å². The summed E-state index contributed by atoms with van der Waals surface area (Å²) in [7, 11) is 1.28. The quantitative estimate of drug-likeness (QED) is 0.644. The molecule has 0 saturated carbocycles. The highest BCUT2D eigenvalue weighted by Crippen LogP contribution is 2.42. The fraction of sp³-hybridized carbons (Fsp3) is 0.222. The summed E-state index contributed by atoms with van der Waals surface area (Å²) >= 11 is 0. The van der Waals surface area contributed by atoms with Gasteiger partial charge < -0.3 is 9.47 Å². The highest BCUT2D eigenvalue weighted by Gasteiger charge is 2.54. The number of esters is 1. The molecule has 0 spiro atoms. The van der Waals surface area contributed by atoms with Gasteiger partial charge in [0.1, 0.15) is 5.92 Å². The predicted octanol–water partition coefficient (Wildman–Crippen LogP) is 2.32. The van der Waals surface area contributed by atoms with Gasteiger partial charge in [0.15, 0.2) is 11.4 Å². The summed E-state index contributed by atoms with van der Waals surface area (Å²) < 4.78 is 10.6. The van der Waals surface area contributed by atoms with Gasteiger partial charge in [0.05, 0.1) is 13.7 Å². The first-order chi connectivity index (χ1) is 10.7. The smallest absolute Gasteiger partial charge is 0.318 e. The normalized spacial score (nSPS) is 19.9. The Morgan fingerprint density at radius 3 is 2.00 bits per heavy atom. The van der Waals surface area contributed by atoms with Crippen molar-refractivity contribution in [1.82, 2.24) is 0 Å². The Morgan fingerprint density at radius 2 is 1.55 bits per heavy atom. The molecule has 0 amide bonds. The first kappa shape index (κ1) is 14.5. The zero-order chi connectivity index (χ0) is 15.6. The zero-order valence-electron chi connectivity index (χ0n) is 12.2. The summed E-state index contributed by atoms with van der Waals surface area (Å²) in [4.78, 5) is 24.9. The van der Waals surface area contributed by atoms with E-state index in [1.54, 1.807) is 0 Å². The van der Waals surface area contributed by atoms with Crippen LogP contribution in [0.5, 0.6) is 0 Å². The average Bonchev–Trinajstić information content (AvgIpc) is 2.94. The molecule has 4 nitrogen and oxygen atoms in total. The molecule has 1 fully saturated rings. The largest absolute Gasteiger partial charge is 0.468 e. The Labute approximate surface area is 128 Å². The molecule has 0 bridgehead atoms. The molecular weight excluding hydrogens is 280 g/mol. The van der Waals surface area contributed by atoms with Crippen LogP contribution in [0.2, 0.25) is 0 Å². The van der Waals surface area contributed by atoms with Crippen molar-refractivity contribution in [1.29, 1.82) is 0 Å². The summed E-state index contributed by atoms with van der Waals surface area (Å²) in [6.45, 7) is 0.0231. The van der Waals surface area contributed by atoms with Crippen LogP contribution in [-0.2, 0) is 24.7 Å². The van der Waals surface area contributed by atoms with Gasteiger partial charge in [0.2, 0.25) is 0 Å². The molecule has 112 valence electrons. The van der Waals surface area contributed by atoms with Crippen LogP contribution in [-0.4, -0.2) is 25.5 Å². The summed E-state index contributed by atoms with van der Waals surface area (Å²) in [5.41, 5.74) is 0.191. The lowest BCUT2D eigenvalue weighted by Crippen LogP contribution is -2.38. The molecule has 3 rings (SSSR count). The predicted molar refractivity (Wildman–Crippen MR) is 80.1 cm³/mol. The third-order valence-electron chi connectivity index (χ3n) is 3.98. The van der Waals surface area contributed by atoms with Crippen LogP contribution in [0.1, 0.15) is 11.1 Å². The van der Waals surface area contributed by atoms with Crippen molar-refractivity contribution in [2.24, 2.45) is 5.92 Å². The van der Waals surface area contributed by atoms with E-state index in [1.165, 1.54) is 7.11 Å². The van der Waals surface area contributed by atoms with Crippen LogP contribution in [0.25, 0.3) is 0 Å². The van der Waals surface area contributed by atoms with E-state index in [2.05, 4.69) is 0 Å². The number of carbonyl (C=O) groups is 2. The topological polar surface area (TPSA) is 52.6 Å². The van der Waals surface area contributed by atoms with Crippen LogP contribution in [0.4, 0.5) is 0 Å². The van der Waals surface area contributed by atoms with Gasteiger partial charge in [-0.05, 0) is 11.1 Å². The summed E-state index contributed by atoms with van der Waals surface area (Å²) in [5.74, 6) is -1.74. The zero-order valence-corrected chi connectivity index (χ0v) is 12.2. The number of ether oxygens (including phenoxy) is 2. The van der Waals surface area contributed by atoms with Crippen LogP contribution in [0.15, 0.2) is 60.7 Å². The number of methoxy groups -OCH3 is 1. The molecule has 1 aliphatic heterocycles. The van der Waals surface area contributed by atoms with Gasteiger partial charge in [-0.2, -0.15) is 0 Å². The van der Waals surface area contributed by atoms with Gasteiger partial charge >= 0.3 is 5.97 Å². The maximum Gasteiger partial charge on any atom is 0.318 e. The fourth-order valence-electron chi connectivity index (χ4n) is 2.88. The Balaban J connectivity index is 2.15. The van der Waals surface area contributed by atoms with Gasteiger partial charge in [-0.25, -0.2) is 0 Å². The Bertz CT molecular complexity index is 639. The van der Waals surface area contributed by atoms with E-state index < -0.39 is 17.5 Å². The Hall–Kier alpha value is -2.46. The lowest BCUT2D eigenvalue weighted by atomic mass is 9.80. The van der Waals surface area contributed by atoms with E-state index in [9.17, 15) is 9.59 Å². The number of benzene rings is 2. The van der Waals surface area contributed by atoms with Crippen molar-refractivity contribution < 1.29 is 19.1 Å². The van der Waals surface area contributed by atoms with Gasteiger partial charge in [-0.1, -0.05) is 60.7 Å². The lowest BCUT2D eigenvalue weighted by molar-refractivity contribution is -0.148. The van der Waals surface area contributed by atoms with Crippen molar-refractivity contribution in [3.8, 4) is 0 Å². The van der Waals surface area contributed by atoms with Gasteiger partial charge in [-0.3, -0.25) is 9.59 Å². The molecule has 4 heteroatoms. The molecule has 2 aromatic carbocycles. The third-order valence-corrected chi connectivity index (χ3v) is 3.98. The first-order valence-electron chi connectivity index (χ1n) is 7.07. The van der Waals surface area contributed by atoms with Crippen LogP contribution in [0, 0.1) is 5.92 Å². The van der Waals surface area contributed by atoms with Crippen molar-refractivity contribution in [2.45, 2.75) is 5.60 Å². The van der Waals surface area contributed by atoms with Crippen molar-refractivity contribution in [3.05, 3.63) is 71.8 Å². The molecular formula is C18H16O4. The molecule has 1 saturated heterocycles. The first-order valence-corrected chi connectivity index (χ1v) is 7.07. The highest BCUT2D eigenvalue weighted by molar-refractivity contribution is 6.07. The molecule has 1 heterocycles. The number of hydrogen-bond acceptors (Lipinski definition) is 4.